The lowest BCUT2D eigenvalue weighted by atomic mass is 10.2. The van der Waals surface area contributed by atoms with Crippen molar-refractivity contribution in [2.24, 2.45) is 0 Å². The monoisotopic (exact) mass is 362 g/mol. The molecule has 0 bridgehead atoms. The Hall–Kier alpha value is -0.770. The van der Waals surface area contributed by atoms with Gasteiger partial charge in [0.15, 0.2) is 0 Å². The highest BCUT2D eigenvalue weighted by Crippen LogP contribution is 2.26. The maximum atomic E-state index is 13.7. The minimum atomic E-state index is -0.446. The van der Waals surface area contributed by atoms with E-state index in [1.165, 1.54) is 6.07 Å². The molecule has 5 heteroatoms. The Morgan fingerprint density at radius 3 is 2.63 bits per heavy atom. The molecule has 100 valence electrons. The topological polar surface area (TPSA) is 9.23 Å². The highest BCUT2D eigenvalue weighted by Gasteiger charge is 2.09. The molecule has 0 aliphatic rings. The number of alkyl halides is 1. The van der Waals surface area contributed by atoms with E-state index in [-0.39, 0.29) is 11.6 Å². The van der Waals surface area contributed by atoms with Crippen molar-refractivity contribution >= 4 is 39.1 Å². The Morgan fingerprint density at radius 2 is 1.89 bits per heavy atom. The summed E-state index contributed by atoms with van der Waals surface area (Å²) < 4.78 is 19.3. The normalized spacial score (nSPS) is 10.5. The van der Waals surface area contributed by atoms with Crippen molar-refractivity contribution in [3.05, 3.63) is 63.4 Å². The third-order valence-corrected chi connectivity index (χ3v) is 3.71. The molecule has 0 aliphatic carbocycles. The first-order chi connectivity index (χ1) is 9.11. The van der Waals surface area contributed by atoms with Gasteiger partial charge in [-0.3, -0.25) is 0 Å². The quantitative estimate of drug-likeness (QED) is 0.642. The molecule has 0 N–H and O–H groups in total. The number of hydrogen-bond donors (Lipinski definition) is 0. The summed E-state index contributed by atoms with van der Waals surface area (Å²) in [5.74, 6) is 0.221. The van der Waals surface area contributed by atoms with Crippen LogP contribution in [0.4, 0.5) is 4.39 Å². The number of rotatable bonds is 4. The first-order valence-corrected chi connectivity index (χ1v) is 7.39. The number of benzene rings is 2. The Labute approximate surface area is 129 Å². The first kappa shape index (κ1) is 14.6. The van der Waals surface area contributed by atoms with Crippen LogP contribution in [0, 0.1) is 5.82 Å². The van der Waals surface area contributed by atoms with E-state index in [1.807, 2.05) is 0 Å². The number of hydrogen-bond acceptors (Lipinski definition) is 1. The second-order valence-corrected chi connectivity index (χ2v) is 5.29. The minimum absolute atomic E-state index is 0.0953. The Balaban J connectivity index is 2.17. The van der Waals surface area contributed by atoms with Crippen molar-refractivity contribution in [3.63, 3.8) is 0 Å². The van der Waals surface area contributed by atoms with Crippen molar-refractivity contribution in [3.8, 4) is 5.75 Å². The Kier molecular flexibility index (Phi) is 5.08. The van der Waals surface area contributed by atoms with Crippen LogP contribution >= 0.6 is 39.1 Å². The summed E-state index contributed by atoms with van der Waals surface area (Å²) in [6.45, 7) is 0.119. The summed E-state index contributed by atoms with van der Waals surface area (Å²) in [7, 11) is 0. The highest BCUT2D eigenvalue weighted by molar-refractivity contribution is 9.08. The zero-order valence-corrected chi connectivity index (χ0v) is 12.9. The van der Waals surface area contributed by atoms with Gasteiger partial charge in [0.2, 0.25) is 0 Å². The lowest BCUT2D eigenvalue weighted by Crippen LogP contribution is -2.00. The van der Waals surface area contributed by atoms with Gasteiger partial charge in [0, 0.05) is 21.5 Å². The van der Waals surface area contributed by atoms with Gasteiger partial charge in [0.25, 0.3) is 0 Å². The molecule has 0 fully saturated rings. The van der Waals surface area contributed by atoms with Gasteiger partial charge in [0.05, 0.1) is 5.02 Å². The van der Waals surface area contributed by atoms with Crippen molar-refractivity contribution in [2.45, 2.75) is 11.9 Å². The fourth-order valence-electron chi connectivity index (χ4n) is 1.61. The van der Waals surface area contributed by atoms with Crippen LogP contribution in [0.15, 0.2) is 36.4 Å². The van der Waals surface area contributed by atoms with Crippen LogP contribution in [-0.4, -0.2) is 0 Å². The predicted octanol–water partition coefficient (Wildman–Crippen LogP) is 5.61. The van der Waals surface area contributed by atoms with Crippen LogP contribution in [0.25, 0.3) is 0 Å². The van der Waals surface area contributed by atoms with Gasteiger partial charge in [-0.25, -0.2) is 4.39 Å². The maximum absolute atomic E-state index is 13.7. The van der Waals surface area contributed by atoms with Crippen LogP contribution < -0.4 is 4.74 Å². The van der Waals surface area contributed by atoms with Crippen LogP contribution in [0.2, 0.25) is 10.0 Å². The molecule has 2 aromatic rings. The van der Waals surface area contributed by atoms with Gasteiger partial charge in [0.1, 0.15) is 18.2 Å². The molecule has 0 amide bonds. The largest absolute Gasteiger partial charge is 0.488 e. The fourth-order valence-corrected chi connectivity index (χ4v) is 2.44. The molecule has 0 aromatic heterocycles. The Bertz CT molecular complexity index is 590. The van der Waals surface area contributed by atoms with Gasteiger partial charge < -0.3 is 4.74 Å². The van der Waals surface area contributed by atoms with Gasteiger partial charge in [-0.2, -0.15) is 0 Å². The smallest absolute Gasteiger partial charge is 0.148 e. The zero-order valence-electron chi connectivity index (χ0n) is 9.80. The molecule has 0 spiro atoms. The third kappa shape index (κ3) is 3.62. The second kappa shape index (κ2) is 6.60. The molecule has 1 nitrogen and oxygen atoms in total. The van der Waals surface area contributed by atoms with E-state index in [0.717, 1.165) is 5.56 Å². The van der Waals surface area contributed by atoms with Crippen molar-refractivity contribution < 1.29 is 9.13 Å². The molecule has 0 aliphatic heterocycles. The number of halogens is 4. The molecule has 2 aromatic carbocycles. The average Bonchev–Trinajstić information content (AvgIpc) is 2.41. The van der Waals surface area contributed by atoms with Crippen LogP contribution in [0.3, 0.4) is 0 Å². The first-order valence-electron chi connectivity index (χ1n) is 5.52. The van der Waals surface area contributed by atoms with Crippen molar-refractivity contribution in [2.75, 3.05) is 0 Å². The summed E-state index contributed by atoms with van der Waals surface area (Å²) in [5.41, 5.74) is 1.33. The SMILES string of the molecule is Fc1c(Cl)cccc1COc1ccc(Cl)cc1CBr. The number of ether oxygens (including phenoxy) is 1. The molecule has 0 heterocycles. The fraction of sp³-hybridized carbons (Fsp3) is 0.143. The van der Waals surface area contributed by atoms with E-state index >= 15 is 0 Å². The summed E-state index contributed by atoms with van der Waals surface area (Å²) in [6, 6.07) is 10.1. The van der Waals surface area contributed by atoms with Gasteiger partial charge in [-0.15, -0.1) is 0 Å². The lowest BCUT2D eigenvalue weighted by molar-refractivity contribution is 0.297. The Morgan fingerprint density at radius 1 is 1.11 bits per heavy atom. The van der Waals surface area contributed by atoms with E-state index in [2.05, 4.69) is 15.9 Å². The zero-order chi connectivity index (χ0) is 13.8. The standard InChI is InChI=1S/C14H10BrCl2FO/c15-7-10-6-11(16)4-5-13(10)19-8-9-2-1-3-12(17)14(9)18/h1-6H,7-8H2. The molecular weight excluding hydrogens is 354 g/mol. The van der Waals surface area contributed by atoms with Crippen LogP contribution in [0.1, 0.15) is 11.1 Å². The molecular formula is C14H10BrCl2FO. The average molecular weight is 364 g/mol. The van der Waals surface area contributed by atoms with E-state index in [9.17, 15) is 4.39 Å². The van der Waals surface area contributed by atoms with E-state index in [4.69, 9.17) is 27.9 Å². The lowest BCUT2D eigenvalue weighted by Gasteiger charge is -2.11. The van der Waals surface area contributed by atoms with E-state index < -0.39 is 5.82 Å². The summed E-state index contributed by atoms with van der Waals surface area (Å²) in [5, 5.41) is 1.34. The third-order valence-electron chi connectivity index (χ3n) is 2.58. The summed E-state index contributed by atoms with van der Waals surface area (Å²) in [6.07, 6.45) is 0. The molecule has 0 unspecified atom stereocenters. The van der Waals surface area contributed by atoms with Gasteiger partial charge >= 0.3 is 0 Å². The second-order valence-electron chi connectivity index (χ2n) is 3.89. The molecule has 0 saturated carbocycles. The maximum Gasteiger partial charge on any atom is 0.148 e. The van der Waals surface area contributed by atoms with Gasteiger partial charge in [-0.05, 0) is 24.3 Å². The summed E-state index contributed by atoms with van der Waals surface area (Å²) >= 11 is 15.0. The predicted molar refractivity (Wildman–Crippen MR) is 79.8 cm³/mol. The molecule has 19 heavy (non-hydrogen) atoms. The van der Waals surface area contributed by atoms with Crippen molar-refractivity contribution in [1.82, 2.24) is 0 Å². The van der Waals surface area contributed by atoms with Crippen LogP contribution in [-0.2, 0) is 11.9 Å². The minimum Gasteiger partial charge on any atom is -0.488 e. The molecule has 0 atom stereocenters. The van der Waals surface area contributed by atoms with Gasteiger partial charge in [-0.1, -0.05) is 51.3 Å². The van der Waals surface area contributed by atoms with Crippen LogP contribution in [0.5, 0.6) is 5.75 Å². The molecule has 0 saturated heterocycles. The highest BCUT2D eigenvalue weighted by atomic mass is 79.9. The molecule has 0 radical (unpaired) electrons. The van der Waals surface area contributed by atoms with Crippen molar-refractivity contribution in [1.29, 1.82) is 0 Å². The van der Waals surface area contributed by atoms with E-state index in [1.54, 1.807) is 30.3 Å². The summed E-state index contributed by atoms with van der Waals surface area (Å²) in [4.78, 5) is 0. The molecule has 2 rings (SSSR count). The van der Waals surface area contributed by atoms with E-state index in [0.29, 0.717) is 21.7 Å².